The molecular formula is C9H13O2SY-. The van der Waals surface area contributed by atoms with E-state index in [2.05, 4.69) is 0 Å². The third-order valence-corrected chi connectivity index (χ3v) is 2.37. The van der Waals surface area contributed by atoms with Gasteiger partial charge in [-0.3, -0.25) is 0 Å². The molecule has 0 saturated heterocycles. The molecule has 1 radical (unpaired) electrons. The number of thioether (sulfide) groups is 1. The van der Waals surface area contributed by atoms with Gasteiger partial charge < -0.3 is 17.6 Å². The number of phenols is 2. The van der Waals surface area contributed by atoms with Gasteiger partial charge >= 0.3 is 0 Å². The van der Waals surface area contributed by atoms with Gasteiger partial charge in [0.15, 0.2) is 11.5 Å². The second-order valence-corrected chi connectivity index (χ2v) is 3.16. The van der Waals surface area contributed by atoms with E-state index < -0.39 is 0 Å². The van der Waals surface area contributed by atoms with Crippen molar-refractivity contribution >= 4 is 11.8 Å². The maximum atomic E-state index is 9.09. The first-order valence-electron chi connectivity index (χ1n) is 3.21. The van der Waals surface area contributed by atoms with E-state index in [1.807, 2.05) is 13.2 Å². The summed E-state index contributed by atoms with van der Waals surface area (Å²) in [6, 6.07) is 3.12. The molecule has 2 nitrogen and oxygen atoms in total. The van der Waals surface area contributed by atoms with E-state index in [1.54, 1.807) is 23.9 Å². The van der Waals surface area contributed by atoms with Crippen LogP contribution in [0.15, 0.2) is 17.0 Å². The molecule has 0 amide bonds. The van der Waals surface area contributed by atoms with Crippen LogP contribution in [0.2, 0.25) is 0 Å². The van der Waals surface area contributed by atoms with Crippen molar-refractivity contribution in [1.29, 1.82) is 0 Å². The molecule has 0 spiro atoms. The summed E-state index contributed by atoms with van der Waals surface area (Å²) in [7, 11) is 0. The quantitative estimate of drug-likeness (QED) is 0.470. The first-order chi connectivity index (χ1) is 5.15. The van der Waals surface area contributed by atoms with Crippen LogP contribution in [0.4, 0.5) is 0 Å². The van der Waals surface area contributed by atoms with Gasteiger partial charge in [-0.2, -0.15) is 0 Å². The molecule has 0 aromatic heterocycles. The van der Waals surface area contributed by atoms with Crippen LogP contribution in [-0.4, -0.2) is 16.5 Å². The molecule has 0 fully saturated rings. The minimum absolute atomic E-state index is 0. The SMILES string of the molecule is CSc1cc(O)c(O)cc1C.[CH3-].[Y]. The Morgan fingerprint density at radius 1 is 1.15 bits per heavy atom. The summed E-state index contributed by atoms with van der Waals surface area (Å²) < 4.78 is 0. The minimum atomic E-state index is -0.0556. The van der Waals surface area contributed by atoms with E-state index in [1.165, 1.54) is 0 Å². The van der Waals surface area contributed by atoms with Crippen LogP contribution in [0, 0.1) is 14.4 Å². The number of hydrogen-bond donors (Lipinski definition) is 2. The molecule has 71 valence electrons. The third kappa shape index (κ3) is 3.88. The molecule has 2 N–H and O–H groups in total. The van der Waals surface area contributed by atoms with E-state index in [9.17, 15) is 0 Å². The Bertz CT molecular complexity index is 277. The molecule has 0 aliphatic heterocycles. The fourth-order valence-electron chi connectivity index (χ4n) is 0.882. The molecular weight excluding hydrogens is 261 g/mol. The van der Waals surface area contributed by atoms with Gasteiger partial charge in [-0.05, 0) is 30.9 Å². The molecule has 0 aliphatic carbocycles. The fraction of sp³-hybridized carbons (Fsp3) is 0.222. The Hall–Kier alpha value is 0.274. The zero-order valence-corrected chi connectivity index (χ0v) is 11.7. The zero-order chi connectivity index (χ0) is 8.43. The Labute approximate surface area is 109 Å². The van der Waals surface area contributed by atoms with E-state index in [-0.39, 0.29) is 51.6 Å². The van der Waals surface area contributed by atoms with Gasteiger partial charge in [0.05, 0.1) is 0 Å². The number of hydrogen-bond acceptors (Lipinski definition) is 3. The van der Waals surface area contributed by atoms with Crippen LogP contribution in [0.25, 0.3) is 0 Å². The van der Waals surface area contributed by atoms with Crippen molar-refractivity contribution in [2.75, 3.05) is 6.26 Å². The summed E-state index contributed by atoms with van der Waals surface area (Å²) in [5.74, 6) is -0.111. The normalized spacial score (nSPS) is 8.46. The zero-order valence-electron chi connectivity index (χ0n) is 8.03. The van der Waals surface area contributed by atoms with Gasteiger partial charge in [-0.1, -0.05) is 0 Å². The molecule has 0 unspecified atom stereocenters. The van der Waals surface area contributed by atoms with Gasteiger partial charge in [0, 0.05) is 37.6 Å². The van der Waals surface area contributed by atoms with Crippen molar-refractivity contribution in [3.05, 3.63) is 25.1 Å². The molecule has 1 aromatic carbocycles. The smallest absolute Gasteiger partial charge is 0.158 e. The molecule has 0 heterocycles. The Balaban J connectivity index is 0. The Kier molecular flexibility index (Phi) is 8.09. The molecule has 4 heteroatoms. The van der Waals surface area contributed by atoms with E-state index in [0.717, 1.165) is 10.5 Å². The van der Waals surface area contributed by atoms with Crippen molar-refractivity contribution < 1.29 is 42.9 Å². The summed E-state index contributed by atoms with van der Waals surface area (Å²) in [6.07, 6.45) is 1.93. The summed E-state index contributed by atoms with van der Waals surface area (Å²) in [5.41, 5.74) is 0.979. The second-order valence-electron chi connectivity index (χ2n) is 2.31. The van der Waals surface area contributed by atoms with Crippen LogP contribution in [0.1, 0.15) is 5.56 Å². The van der Waals surface area contributed by atoms with Crippen LogP contribution in [0.5, 0.6) is 11.5 Å². The molecule has 0 aliphatic rings. The average Bonchev–Trinajstić information content (AvgIpc) is 1.97. The van der Waals surface area contributed by atoms with Crippen LogP contribution < -0.4 is 0 Å². The van der Waals surface area contributed by atoms with Gasteiger partial charge in [0.1, 0.15) is 0 Å². The maximum Gasteiger partial charge on any atom is 0.158 e. The van der Waals surface area contributed by atoms with E-state index in [4.69, 9.17) is 10.2 Å². The van der Waals surface area contributed by atoms with Crippen LogP contribution >= 0.6 is 11.8 Å². The van der Waals surface area contributed by atoms with Crippen LogP contribution in [0.3, 0.4) is 0 Å². The van der Waals surface area contributed by atoms with Gasteiger partial charge in [0.25, 0.3) is 0 Å². The maximum absolute atomic E-state index is 9.09. The monoisotopic (exact) mass is 274 g/mol. The van der Waals surface area contributed by atoms with Gasteiger partial charge in [-0.25, -0.2) is 0 Å². The number of rotatable bonds is 1. The van der Waals surface area contributed by atoms with Crippen LogP contribution in [-0.2, 0) is 32.7 Å². The first-order valence-corrected chi connectivity index (χ1v) is 4.44. The van der Waals surface area contributed by atoms with Crippen molar-refractivity contribution in [3.63, 3.8) is 0 Å². The largest absolute Gasteiger partial charge is 0.504 e. The van der Waals surface area contributed by atoms with Crippen molar-refractivity contribution in [2.24, 2.45) is 0 Å². The van der Waals surface area contributed by atoms with E-state index >= 15 is 0 Å². The summed E-state index contributed by atoms with van der Waals surface area (Å²) in [6.45, 7) is 1.89. The molecule has 1 aromatic rings. The number of benzene rings is 1. The molecule has 1 rings (SSSR count). The van der Waals surface area contributed by atoms with Crippen molar-refractivity contribution in [3.8, 4) is 11.5 Å². The first kappa shape index (κ1) is 15.7. The predicted molar refractivity (Wildman–Crippen MR) is 52.7 cm³/mol. The second kappa shape index (κ2) is 6.69. The molecule has 0 bridgehead atoms. The standard InChI is InChI=1S/C8H10O2S.CH3.Y/c1-5-3-6(9)7(10)4-8(5)11-2;;/h3-4,9-10H,1-2H3;1H3;/q;-1;. The predicted octanol–water partition coefficient (Wildman–Crippen LogP) is 2.58. The van der Waals surface area contributed by atoms with Crippen molar-refractivity contribution in [2.45, 2.75) is 11.8 Å². The summed E-state index contributed by atoms with van der Waals surface area (Å²) >= 11 is 1.55. The van der Waals surface area contributed by atoms with Gasteiger partial charge in [0.2, 0.25) is 0 Å². The molecule has 0 saturated carbocycles. The van der Waals surface area contributed by atoms with Gasteiger partial charge in [-0.15, -0.1) is 11.8 Å². The Morgan fingerprint density at radius 2 is 1.62 bits per heavy atom. The summed E-state index contributed by atoms with van der Waals surface area (Å²) in [4.78, 5) is 0.986. The minimum Gasteiger partial charge on any atom is -0.504 e. The topological polar surface area (TPSA) is 40.5 Å². The third-order valence-electron chi connectivity index (χ3n) is 1.49. The molecule has 13 heavy (non-hydrogen) atoms. The number of aromatic hydroxyl groups is 2. The molecule has 0 atom stereocenters. The summed E-state index contributed by atoms with van der Waals surface area (Å²) in [5, 5.41) is 18.2. The fourth-order valence-corrected chi connectivity index (χ4v) is 1.49. The van der Waals surface area contributed by atoms with Crippen molar-refractivity contribution in [1.82, 2.24) is 0 Å². The average molecular weight is 274 g/mol. The number of phenolic OH excluding ortho intramolecular Hbond substituents is 2. The van der Waals surface area contributed by atoms with E-state index in [0.29, 0.717) is 0 Å². The number of aryl methyl sites for hydroxylation is 1. The Morgan fingerprint density at radius 3 is 2.08 bits per heavy atom.